The SMILES string of the molecule is CCCC[C@@H](NC(=O)[C@@H]1CCCN1C(=O)CCC(=O)[C@H](CCCCN)NC(=O)[C@@H]1CSSC[C@H](NC)C(=O)C[C@@H](CC(C)C)C(=O)N[C@@H](CO)C(=O)C1)C(=O)NCCc1ccccc1.C[C@@H](CCCCN=[N+]=[N-])C(=O)NCC(=O)CCC(=O)NCC(=O)CCC(=O)N[C@@H](CO)C(=O)C[C@@H](CCC(N)=O)C(=O)N[C@@H](CCCN=C(N)N)C(=O)N1CCC[C@H]1C(N)=O. The summed E-state index contributed by atoms with van der Waals surface area (Å²) in [6.07, 6.45) is 5.24. The number of benzene rings is 1. The predicted molar refractivity (Wildman–Crippen MR) is 469 cm³/mol. The van der Waals surface area contributed by atoms with E-state index >= 15 is 0 Å². The zero-order valence-electron chi connectivity index (χ0n) is 72.8. The molecule has 40 nitrogen and oxygen atoms in total. The monoisotopic (exact) mass is 1790 g/mol. The molecule has 125 heavy (non-hydrogen) atoms. The molecule has 3 saturated heterocycles. The Labute approximate surface area is 738 Å². The molecule has 0 radical (unpaired) electrons. The molecule has 1 aromatic rings. The predicted octanol–water partition coefficient (Wildman–Crippen LogP) is -0.00180. The summed E-state index contributed by atoms with van der Waals surface area (Å²) in [6.45, 7) is 7.04. The van der Waals surface area contributed by atoms with Gasteiger partial charge in [-0.1, -0.05) is 104 Å². The molecule has 3 aliphatic rings. The number of carbonyl (C=O) groups excluding carboxylic acids is 18. The molecule has 698 valence electrons. The van der Waals surface area contributed by atoms with Crippen molar-refractivity contribution in [1.82, 2.24) is 57.7 Å². The standard InChI is InChI=1S/C46H73N7O9S2.C37H61N13O11/c1-5-6-15-35(45(61)49-22-20-31-13-8-7-9-14-31)51-46(62)38-17-12-23-53(38)42(58)19-18-39(55)34(16-10-11-21-47)50-44(60)33-26-40(56)36(27-54)52-43(59)32(24-30(2)3)25-41(57)37(48-4)29-64-63-28-33;1-22(6-2-3-16-46-49-42)34(59)45-20-25(53)10-13-31(56)44-19-24(52)11-14-32(57)47-27(21-51)29(54)18-23(9-12-30(38)55)35(60)48-26(7-4-15-43-37(40)41)36(61)50-17-5-8-28(50)33(39)58/h7-9,13-14,30,32-38,48,54H,5-6,10-12,15-29,47H2,1-4H3,(H,49,61)(H,50,60)(H,51,62)(H,52,59);22-23,26-28,51H,2-21H2,1H3,(H2,38,55)(H2,39,58)(H,44,56)(H,45,59)(H,47,57)(H,48,60)(H4,40,41,43)/t32-,33+,34+,35-,36+,37+,38+;22-,23+,26-,27-,28-/m10/s1. The van der Waals surface area contributed by atoms with Gasteiger partial charge in [0.05, 0.1) is 44.3 Å². The van der Waals surface area contributed by atoms with E-state index in [-0.39, 0.29) is 150 Å². The zero-order chi connectivity index (χ0) is 92.9. The molecule has 0 unspecified atom stereocenters. The highest BCUT2D eigenvalue weighted by atomic mass is 33.1. The van der Waals surface area contributed by atoms with Gasteiger partial charge < -0.3 is 96.5 Å². The van der Waals surface area contributed by atoms with Crippen molar-refractivity contribution in [2.45, 2.75) is 256 Å². The van der Waals surface area contributed by atoms with E-state index in [0.717, 1.165) is 18.4 Å². The lowest BCUT2D eigenvalue weighted by atomic mass is 9.89. The van der Waals surface area contributed by atoms with Gasteiger partial charge in [0, 0.05) is 131 Å². The van der Waals surface area contributed by atoms with Crippen molar-refractivity contribution in [3.8, 4) is 0 Å². The highest BCUT2D eigenvalue weighted by molar-refractivity contribution is 8.76. The number of hydrogen-bond acceptors (Lipinski definition) is 26. The number of likely N-dealkylation sites (N-methyl/N-ethyl adjacent to an activating group) is 1. The number of aliphatic imine (C=N–C) groups is 1. The van der Waals surface area contributed by atoms with E-state index in [1.165, 1.54) is 31.4 Å². The molecule has 3 heterocycles. The summed E-state index contributed by atoms with van der Waals surface area (Å²) in [7, 11) is 4.34. The average molecular weight is 1800 g/mol. The number of unbranched alkanes of at least 4 members (excludes halogenated alkanes) is 3. The van der Waals surface area contributed by atoms with Gasteiger partial charge in [-0.15, -0.1) is 0 Å². The molecule has 0 bridgehead atoms. The molecule has 3 aliphatic heterocycles. The van der Waals surface area contributed by atoms with Crippen LogP contribution in [0.3, 0.4) is 0 Å². The molecule has 12 amide bonds. The summed E-state index contributed by atoms with van der Waals surface area (Å²) >= 11 is 0. The number of nitrogens with zero attached hydrogens (tertiary/aromatic N) is 6. The minimum Gasteiger partial charge on any atom is -0.394 e. The molecule has 0 aromatic heterocycles. The number of guanidine groups is 1. The first-order chi connectivity index (χ1) is 59.6. The number of likely N-dealkylation sites (tertiary alicyclic amines) is 2. The number of aliphatic hydroxyl groups is 2. The number of ketones is 6. The van der Waals surface area contributed by atoms with Crippen molar-refractivity contribution >= 4 is 133 Å². The van der Waals surface area contributed by atoms with E-state index < -0.39 is 175 Å². The summed E-state index contributed by atoms with van der Waals surface area (Å²) < 4.78 is 0. The molecule has 0 spiro atoms. The zero-order valence-corrected chi connectivity index (χ0v) is 74.4. The van der Waals surface area contributed by atoms with Gasteiger partial charge in [0.25, 0.3) is 0 Å². The Kier molecular flexibility index (Phi) is 53.6. The maximum absolute atomic E-state index is 14.0. The Hall–Kier alpha value is -10.00. The number of rotatable bonds is 55. The first-order valence-electron chi connectivity index (χ1n) is 43.2. The molecular weight excluding hydrogens is 1660 g/mol. The number of azide groups is 1. The summed E-state index contributed by atoms with van der Waals surface area (Å²) in [4.78, 5) is 244. The van der Waals surface area contributed by atoms with Crippen LogP contribution in [0.5, 0.6) is 0 Å². The van der Waals surface area contributed by atoms with Gasteiger partial charge in [-0.25, -0.2) is 0 Å². The van der Waals surface area contributed by atoms with E-state index in [0.29, 0.717) is 109 Å². The van der Waals surface area contributed by atoms with E-state index in [2.05, 4.69) is 62.9 Å². The van der Waals surface area contributed by atoms with Gasteiger partial charge in [-0.3, -0.25) is 91.3 Å². The van der Waals surface area contributed by atoms with Crippen molar-refractivity contribution in [3.05, 3.63) is 46.3 Å². The van der Waals surface area contributed by atoms with Crippen molar-refractivity contribution < 1.29 is 96.5 Å². The molecule has 0 aliphatic carbocycles. The van der Waals surface area contributed by atoms with Gasteiger partial charge in [0.15, 0.2) is 40.7 Å². The molecular formula is C83H134N20O20S2. The van der Waals surface area contributed by atoms with Gasteiger partial charge in [-0.05, 0) is 127 Å². The van der Waals surface area contributed by atoms with Crippen LogP contribution in [0.25, 0.3) is 10.4 Å². The highest BCUT2D eigenvalue weighted by Gasteiger charge is 2.41. The fourth-order valence-corrected chi connectivity index (χ4v) is 16.8. The Bertz CT molecular complexity index is 3820. The van der Waals surface area contributed by atoms with E-state index in [1.807, 2.05) is 51.1 Å². The summed E-state index contributed by atoms with van der Waals surface area (Å²) in [5.74, 6) is -12.5. The topological polar surface area (TPSA) is 654 Å². The minimum atomic E-state index is -1.51. The third-order valence-corrected chi connectivity index (χ3v) is 24.0. The second-order valence-corrected chi connectivity index (χ2v) is 34.6. The lowest BCUT2D eigenvalue weighted by Gasteiger charge is -2.29. The van der Waals surface area contributed by atoms with Crippen LogP contribution >= 0.6 is 21.6 Å². The third kappa shape index (κ3) is 43.2. The maximum atomic E-state index is 14.0. The normalized spacial score (nSPS) is 18.8. The molecule has 21 N–H and O–H groups in total. The maximum Gasteiger partial charge on any atom is 0.245 e. The van der Waals surface area contributed by atoms with Crippen LogP contribution in [-0.2, 0) is 92.7 Å². The van der Waals surface area contributed by atoms with E-state index in [4.69, 9.17) is 34.2 Å². The molecule has 4 rings (SSSR count). The largest absolute Gasteiger partial charge is 0.394 e. The summed E-state index contributed by atoms with van der Waals surface area (Å²) in [5, 5.41) is 47.7. The second kappa shape index (κ2) is 61.4. The van der Waals surface area contributed by atoms with Crippen molar-refractivity contribution in [3.63, 3.8) is 0 Å². The first-order valence-corrected chi connectivity index (χ1v) is 45.7. The summed E-state index contributed by atoms with van der Waals surface area (Å²) in [6, 6.07) is 1.81. The molecule has 0 saturated carbocycles. The summed E-state index contributed by atoms with van der Waals surface area (Å²) in [5.41, 5.74) is 36.7. The number of carbonyl (C=O) groups is 18. The van der Waals surface area contributed by atoms with Crippen LogP contribution < -0.4 is 76.5 Å². The van der Waals surface area contributed by atoms with Gasteiger partial charge in [-0.2, -0.15) is 0 Å². The molecule has 1 aromatic carbocycles. The van der Waals surface area contributed by atoms with Crippen molar-refractivity contribution in [1.29, 1.82) is 0 Å². The van der Waals surface area contributed by atoms with Gasteiger partial charge in [0.2, 0.25) is 70.9 Å². The quantitative estimate of drug-likeness (QED) is 0.00776. The molecule has 12 atom stereocenters. The van der Waals surface area contributed by atoms with Gasteiger partial charge in [0.1, 0.15) is 36.3 Å². The average Bonchev–Trinajstić information content (AvgIpc) is 1.81. The van der Waals surface area contributed by atoms with Gasteiger partial charge >= 0.3 is 0 Å². The number of hydrogen-bond donors (Lipinski definition) is 16. The number of amides is 12. The first kappa shape index (κ1) is 109. The number of aliphatic hydroxyl groups excluding tert-OH is 2. The van der Waals surface area contributed by atoms with Crippen molar-refractivity contribution in [2.75, 3.05) is 84.1 Å². The third-order valence-electron chi connectivity index (χ3n) is 21.5. The van der Waals surface area contributed by atoms with Crippen LogP contribution in [-0.4, -0.2) is 264 Å². The van der Waals surface area contributed by atoms with E-state index in [9.17, 15) is 96.5 Å². The lowest BCUT2D eigenvalue weighted by molar-refractivity contribution is -0.141. The molecule has 42 heteroatoms. The smallest absolute Gasteiger partial charge is 0.245 e. The van der Waals surface area contributed by atoms with Crippen LogP contribution in [0, 0.1) is 29.6 Å². The Balaban J connectivity index is 0.000000646. The van der Waals surface area contributed by atoms with Crippen LogP contribution in [0.1, 0.15) is 207 Å². The Morgan fingerprint density at radius 2 is 1.26 bits per heavy atom. The van der Waals surface area contributed by atoms with Crippen molar-refractivity contribution in [2.24, 2.45) is 68.4 Å². The number of nitrogens with one attached hydrogen (secondary N) is 9. The van der Waals surface area contributed by atoms with Crippen LogP contribution in [0.15, 0.2) is 40.4 Å². The van der Waals surface area contributed by atoms with Crippen LogP contribution in [0.4, 0.5) is 0 Å². The second-order valence-electron chi connectivity index (χ2n) is 32.0. The number of Topliss-reactive ketones (excluding diaryl/α,β-unsaturated/α-hetero) is 6. The minimum absolute atomic E-state index is 0.0208. The number of primary amides is 2. The Morgan fingerprint density at radius 3 is 1.90 bits per heavy atom. The van der Waals surface area contributed by atoms with Crippen LogP contribution in [0.2, 0.25) is 0 Å². The van der Waals surface area contributed by atoms with E-state index in [1.54, 1.807) is 14.0 Å². The fourth-order valence-electron chi connectivity index (χ4n) is 14.2. The number of nitrogens with two attached hydrogens (primary N) is 5. The lowest BCUT2D eigenvalue weighted by Crippen LogP contribution is -2.54. The Morgan fingerprint density at radius 1 is 0.624 bits per heavy atom. The molecule has 3 fully saturated rings. The highest BCUT2D eigenvalue weighted by Crippen LogP contribution is 2.30. The fraction of sp³-hybridized carbons (Fsp3) is 0.699.